The Morgan fingerprint density at radius 2 is 1.09 bits per heavy atom. The van der Waals surface area contributed by atoms with E-state index in [4.69, 9.17) is 18.9 Å². The average Bonchev–Trinajstić information content (AvgIpc) is 2.87. The fraction of sp³-hybridized carbons (Fsp3) is 0.357. The molecule has 0 unspecified atom stereocenters. The summed E-state index contributed by atoms with van der Waals surface area (Å²) in [5.41, 5.74) is 6.58. The van der Waals surface area contributed by atoms with Crippen LogP contribution < -0.4 is 18.9 Å². The Kier molecular flexibility index (Phi) is 5.67. The van der Waals surface area contributed by atoms with Gasteiger partial charge in [0, 0.05) is 18.1 Å². The fourth-order valence-corrected chi connectivity index (χ4v) is 5.68. The lowest BCUT2D eigenvalue weighted by molar-refractivity contribution is 0.0573. The van der Waals surface area contributed by atoms with E-state index >= 15 is 0 Å². The van der Waals surface area contributed by atoms with Gasteiger partial charge in [-0.05, 0) is 71.8 Å². The zero-order chi connectivity index (χ0) is 23.1. The van der Waals surface area contributed by atoms with Crippen LogP contribution in [0.15, 0.2) is 54.6 Å². The number of fused-ring (bicyclic) bond motifs is 6. The summed E-state index contributed by atoms with van der Waals surface area (Å²) in [6.07, 6.45) is 1.79. The summed E-state index contributed by atoms with van der Waals surface area (Å²) in [4.78, 5) is 2.66. The van der Waals surface area contributed by atoms with E-state index in [1.54, 1.807) is 28.4 Å². The van der Waals surface area contributed by atoms with Crippen LogP contribution in [0.25, 0.3) is 0 Å². The second-order valence-corrected chi connectivity index (χ2v) is 8.79. The van der Waals surface area contributed by atoms with Gasteiger partial charge < -0.3 is 18.9 Å². The predicted molar refractivity (Wildman–Crippen MR) is 129 cm³/mol. The summed E-state index contributed by atoms with van der Waals surface area (Å²) < 4.78 is 22.6. The van der Waals surface area contributed by atoms with Gasteiger partial charge in [0.25, 0.3) is 0 Å². The molecular weight excluding hydrogens is 414 g/mol. The first-order valence-electron chi connectivity index (χ1n) is 11.4. The van der Waals surface area contributed by atoms with Crippen molar-refractivity contribution >= 4 is 0 Å². The van der Waals surface area contributed by atoms with Crippen molar-refractivity contribution in [2.45, 2.75) is 37.9 Å². The molecule has 5 rings (SSSR count). The molecule has 3 aromatic carbocycles. The molecule has 5 heteroatoms. The second kappa shape index (κ2) is 8.64. The maximum atomic E-state index is 5.68. The highest BCUT2D eigenvalue weighted by atomic mass is 16.5. The third-order valence-electron chi connectivity index (χ3n) is 7.28. The molecule has 0 aromatic heterocycles. The molecule has 0 fully saturated rings. The van der Waals surface area contributed by atoms with Gasteiger partial charge >= 0.3 is 0 Å². The van der Waals surface area contributed by atoms with Gasteiger partial charge in [-0.2, -0.15) is 0 Å². The third-order valence-corrected chi connectivity index (χ3v) is 7.28. The monoisotopic (exact) mass is 445 g/mol. The lowest BCUT2D eigenvalue weighted by Gasteiger charge is -2.51. The molecule has 0 amide bonds. The predicted octanol–water partition coefficient (Wildman–Crippen LogP) is 5.68. The number of hydrogen-bond acceptors (Lipinski definition) is 5. The number of hydrogen-bond donors (Lipinski definition) is 0. The molecule has 2 heterocycles. The van der Waals surface area contributed by atoms with Gasteiger partial charge in [0.15, 0.2) is 23.0 Å². The Labute approximate surface area is 195 Å². The maximum Gasteiger partial charge on any atom is 0.161 e. The Morgan fingerprint density at radius 1 is 0.667 bits per heavy atom. The number of rotatable bonds is 6. The SMILES string of the molecule is COc1cc2c(cc1OC)[C@@H]1Cc3cc(OC)c(OC)cc3[C@H](C2)N1[C@H](C)c1ccccc1. The summed E-state index contributed by atoms with van der Waals surface area (Å²) in [5, 5.41) is 0. The Balaban J connectivity index is 1.69. The molecule has 0 saturated carbocycles. The van der Waals surface area contributed by atoms with Gasteiger partial charge in [0.05, 0.1) is 28.4 Å². The number of ether oxygens (including phenoxy) is 4. The molecule has 172 valence electrons. The quantitative estimate of drug-likeness (QED) is 0.488. The maximum absolute atomic E-state index is 5.68. The van der Waals surface area contributed by atoms with Crippen molar-refractivity contribution in [1.29, 1.82) is 0 Å². The third kappa shape index (κ3) is 3.51. The number of methoxy groups -OCH3 is 4. The van der Waals surface area contributed by atoms with Crippen LogP contribution in [0.1, 0.15) is 52.9 Å². The molecule has 3 aromatic rings. The lowest BCUT2D eigenvalue weighted by Crippen LogP contribution is -2.44. The van der Waals surface area contributed by atoms with E-state index in [9.17, 15) is 0 Å². The van der Waals surface area contributed by atoms with Crippen LogP contribution in [0.5, 0.6) is 23.0 Å². The minimum atomic E-state index is 0.222. The molecule has 2 aliphatic rings. The topological polar surface area (TPSA) is 40.2 Å². The van der Waals surface area contributed by atoms with Crippen LogP contribution in [0.4, 0.5) is 0 Å². The number of benzene rings is 3. The van der Waals surface area contributed by atoms with Crippen LogP contribution >= 0.6 is 0 Å². The molecule has 2 bridgehead atoms. The zero-order valence-electron chi connectivity index (χ0n) is 19.9. The van der Waals surface area contributed by atoms with Crippen molar-refractivity contribution in [1.82, 2.24) is 4.90 Å². The van der Waals surface area contributed by atoms with Gasteiger partial charge in [-0.25, -0.2) is 0 Å². The van der Waals surface area contributed by atoms with Crippen molar-refractivity contribution < 1.29 is 18.9 Å². The standard InChI is InChI=1S/C28H31NO4/c1-17(18-9-7-6-8-10-18)29-23-11-19-13-25(30-2)27(32-4)15-21(19)24(29)12-20-14-26(31-3)28(33-5)16-22(20)23/h6-10,13-17,23-24H,11-12H2,1-5H3/t17-,23+,24+/m1/s1. The fourth-order valence-electron chi connectivity index (χ4n) is 5.68. The van der Waals surface area contributed by atoms with E-state index in [0.29, 0.717) is 0 Å². The van der Waals surface area contributed by atoms with Crippen molar-refractivity contribution in [2.24, 2.45) is 0 Å². The van der Waals surface area contributed by atoms with E-state index in [1.165, 1.54) is 27.8 Å². The minimum Gasteiger partial charge on any atom is -0.493 e. The molecule has 0 aliphatic carbocycles. The summed E-state index contributed by atoms with van der Waals surface area (Å²) in [5.74, 6) is 3.12. The Bertz CT molecular complexity index is 1090. The second-order valence-electron chi connectivity index (χ2n) is 8.79. The number of nitrogens with zero attached hydrogens (tertiary/aromatic N) is 1. The molecule has 2 aliphatic heterocycles. The van der Waals surface area contributed by atoms with Gasteiger partial charge in [0.2, 0.25) is 0 Å². The highest BCUT2D eigenvalue weighted by Gasteiger charge is 2.43. The smallest absolute Gasteiger partial charge is 0.161 e. The van der Waals surface area contributed by atoms with Crippen molar-refractivity contribution in [3.63, 3.8) is 0 Å². The average molecular weight is 446 g/mol. The first-order valence-corrected chi connectivity index (χ1v) is 11.4. The highest BCUT2D eigenvalue weighted by molar-refractivity contribution is 5.55. The lowest BCUT2D eigenvalue weighted by atomic mass is 9.75. The van der Waals surface area contributed by atoms with Gasteiger partial charge in [-0.3, -0.25) is 4.90 Å². The molecule has 0 radical (unpaired) electrons. The van der Waals surface area contributed by atoms with E-state index in [1.807, 2.05) is 0 Å². The van der Waals surface area contributed by atoms with E-state index < -0.39 is 0 Å². The summed E-state index contributed by atoms with van der Waals surface area (Å²) in [6, 6.07) is 20.1. The highest BCUT2D eigenvalue weighted by Crippen LogP contribution is 2.54. The van der Waals surface area contributed by atoms with Gasteiger partial charge in [-0.15, -0.1) is 0 Å². The van der Waals surface area contributed by atoms with Crippen LogP contribution in [-0.2, 0) is 12.8 Å². The van der Waals surface area contributed by atoms with Crippen molar-refractivity contribution in [3.8, 4) is 23.0 Å². The molecule has 5 nitrogen and oxygen atoms in total. The van der Waals surface area contributed by atoms with Gasteiger partial charge in [-0.1, -0.05) is 30.3 Å². The van der Waals surface area contributed by atoms with E-state index in [-0.39, 0.29) is 18.1 Å². The largest absolute Gasteiger partial charge is 0.493 e. The molecule has 0 saturated heterocycles. The van der Waals surface area contributed by atoms with E-state index in [0.717, 1.165) is 35.8 Å². The van der Waals surface area contributed by atoms with Crippen LogP contribution in [-0.4, -0.2) is 33.3 Å². The van der Waals surface area contributed by atoms with Gasteiger partial charge in [0.1, 0.15) is 0 Å². The molecule has 0 N–H and O–H groups in total. The Morgan fingerprint density at radius 3 is 1.52 bits per heavy atom. The molecule has 33 heavy (non-hydrogen) atoms. The zero-order valence-corrected chi connectivity index (χ0v) is 19.9. The Hall–Kier alpha value is -3.18. The van der Waals surface area contributed by atoms with Crippen LogP contribution in [0, 0.1) is 0 Å². The summed E-state index contributed by atoms with van der Waals surface area (Å²) in [7, 11) is 6.80. The van der Waals surface area contributed by atoms with Crippen molar-refractivity contribution in [2.75, 3.05) is 28.4 Å². The minimum absolute atomic E-state index is 0.222. The normalized spacial score (nSPS) is 19.8. The molecular formula is C28H31NO4. The van der Waals surface area contributed by atoms with Crippen LogP contribution in [0.3, 0.4) is 0 Å². The molecule has 3 atom stereocenters. The summed E-state index contributed by atoms with van der Waals surface area (Å²) in [6.45, 7) is 2.31. The summed E-state index contributed by atoms with van der Waals surface area (Å²) >= 11 is 0. The van der Waals surface area contributed by atoms with Crippen LogP contribution in [0.2, 0.25) is 0 Å². The van der Waals surface area contributed by atoms with Crippen molar-refractivity contribution in [3.05, 3.63) is 82.4 Å². The first kappa shape index (κ1) is 21.7. The first-order chi connectivity index (χ1) is 16.1. The van der Waals surface area contributed by atoms with E-state index in [2.05, 4.69) is 66.4 Å². The molecule has 0 spiro atoms.